The zero-order valence-electron chi connectivity index (χ0n) is 7.67. The fourth-order valence-electron chi connectivity index (χ4n) is 1.19. The third-order valence-corrected chi connectivity index (χ3v) is 1.90. The summed E-state index contributed by atoms with van der Waals surface area (Å²) in [5.41, 5.74) is 6.57. The molecule has 0 aromatic carbocycles. The molecule has 0 spiro atoms. The molecule has 2 N–H and O–H groups in total. The molecule has 2 aromatic heterocycles. The lowest BCUT2D eigenvalue weighted by Gasteiger charge is -2.00. The van der Waals surface area contributed by atoms with Crippen molar-refractivity contribution in [1.29, 1.82) is 0 Å². The van der Waals surface area contributed by atoms with Crippen molar-refractivity contribution in [2.24, 2.45) is 5.73 Å². The first kappa shape index (κ1) is 8.83. The van der Waals surface area contributed by atoms with E-state index in [2.05, 4.69) is 15.1 Å². The molecule has 0 saturated carbocycles. The SMILES string of the molecule is NCCc1ccc(-n2cncn2)nc1. The summed E-state index contributed by atoms with van der Waals surface area (Å²) in [7, 11) is 0. The van der Waals surface area contributed by atoms with Crippen LogP contribution in [0.3, 0.4) is 0 Å². The van der Waals surface area contributed by atoms with Gasteiger partial charge in [0.25, 0.3) is 0 Å². The van der Waals surface area contributed by atoms with Crippen LogP contribution < -0.4 is 5.73 Å². The fraction of sp³-hybridized carbons (Fsp3) is 0.222. The second-order valence-corrected chi connectivity index (χ2v) is 2.90. The Labute approximate surface area is 81.6 Å². The molecule has 2 heterocycles. The van der Waals surface area contributed by atoms with Gasteiger partial charge < -0.3 is 5.73 Å². The van der Waals surface area contributed by atoms with Crippen molar-refractivity contribution in [1.82, 2.24) is 19.7 Å². The lowest BCUT2D eigenvalue weighted by Crippen LogP contribution is -2.04. The number of nitrogens with two attached hydrogens (primary N) is 1. The second-order valence-electron chi connectivity index (χ2n) is 2.90. The Morgan fingerprint density at radius 1 is 1.36 bits per heavy atom. The van der Waals surface area contributed by atoms with E-state index < -0.39 is 0 Å². The number of rotatable bonds is 3. The normalized spacial score (nSPS) is 10.4. The van der Waals surface area contributed by atoms with Gasteiger partial charge in [-0.05, 0) is 24.6 Å². The van der Waals surface area contributed by atoms with Crippen molar-refractivity contribution in [2.45, 2.75) is 6.42 Å². The quantitative estimate of drug-likeness (QED) is 0.746. The highest BCUT2D eigenvalue weighted by molar-refractivity contribution is 5.23. The molecule has 0 radical (unpaired) electrons. The number of nitrogens with zero attached hydrogens (tertiary/aromatic N) is 4. The molecule has 0 amide bonds. The summed E-state index contributed by atoms with van der Waals surface area (Å²) < 4.78 is 1.62. The maximum Gasteiger partial charge on any atom is 0.155 e. The molecule has 2 rings (SSSR count). The standard InChI is InChI=1S/C9H11N5/c10-4-3-8-1-2-9(12-5-8)14-7-11-6-13-14/h1-2,5-7H,3-4,10H2. The molecule has 0 unspecified atom stereocenters. The highest BCUT2D eigenvalue weighted by Crippen LogP contribution is 2.03. The van der Waals surface area contributed by atoms with Crippen LogP contribution in [0.2, 0.25) is 0 Å². The van der Waals surface area contributed by atoms with E-state index in [1.165, 1.54) is 6.33 Å². The van der Waals surface area contributed by atoms with Gasteiger partial charge in [0.15, 0.2) is 5.82 Å². The van der Waals surface area contributed by atoms with Crippen LogP contribution in [0.4, 0.5) is 0 Å². The molecule has 0 atom stereocenters. The molecule has 72 valence electrons. The van der Waals surface area contributed by atoms with Crippen molar-refractivity contribution in [3.05, 3.63) is 36.5 Å². The van der Waals surface area contributed by atoms with Crippen molar-refractivity contribution in [2.75, 3.05) is 6.54 Å². The van der Waals surface area contributed by atoms with E-state index in [-0.39, 0.29) is 0 Å². The molecule has 0 aliphatic carbocycles. The molecule has 0 aliphatic rings. The first-order valence-electron chi connectivity index (χ1n) is 4.40. The van der Waals surface area contributed by atoms with Crippen LogP contribution in [-0.2, 0) is 6.42 Å². The number of hydrogen-bond donors (Lipinski definition) is 1. The molecule has 14 heavy (non-hydrogen) atoms. The van der Waals surface area contributed by atoms with Crippen LogP contribution in [0.1, 0.15) is 5.56 Å². The van der Waals surface area contributed by atoms with E-state index >= 15 is 0 Å². The number of aromatic nitrogens is 4. The lowest BCUT2D eigenvalue weighted by molar-refractivity contribution is 0.839. The minimum Gasteiger partial charge on any atom is -0.330 e. The van der Waals surface area contributed by atoms with Gasteiger partial charge in [-0.3, -0.25) is 0 Å². The van der Waals surface area contributed by atoms with Gasteiger partial charge >= 0.3 is 0 Å². The zero-order chi connectivity index (χ0) is 9.80. The number of hydrogen-bond acceptors (Lipinski definition) is 4. The predicted octanol–water partition coefficient (Wildman–Crippen LogP) is 0.163. The second kappa shape index (κ2) is 3.97. The Morgan fingerprint density at radius 3 is 2.86 bits per heavy atom. The molecule has 0 aliphatic heterocycles. The average Bonchev–Trinajstić information content (AvgIpc) is 2.72. The predicted molar refractivity (Wildman–Crippen MR) is 51.9 cm³/mol. The van der Waals surface area contributed by atoms with Crippen LogP contribution >= 0.6 is 0 Å². The molecular formula is C9H11N5. The van der Waals surface area contributed by atoms with E-state index in [0.29, 0.717) is 6.54 Å². The molecule has 5 nitrogen and oxygen atoms in total. The van der Waals surface area contributed by atoms with Crippen LogP contribution in [0.5, 0.6) is 0 Å². The Balaban J connectivity index is 2.22. The van der Waals surface area contributed by atoms with Gasteiger partial charge in [0.2, 0.25) is 0 Å². The maximum atomic E-state index is 5.44. The smallest absolute Gasteiger partial charge is 0.155 e. The van der Waals surface area contributed by atoms with Crippen molar-refractivity contribution >= 4 is 0 Å². The Hall–Kier alpha value is -1.75. The van der Waals surface area contributed by atoms with E-state index in [1.807, 2.05) is 18.3 Å². The average molecular weight is 189 g/mol. The Kier molecular flexibility index (Phi) is 2.51. The highest BCUT2D eigenvalue weighted by atomic mass is 15.3. The molecular weight excluding hydrogens is 178 g/mol. The fourth-order valence-corrected chi connectivity index (χ4v) is 1.19. The largest absolute Gasteiger partial charge is 0.330 e. The molecule has 2 aromatic rings. The summed E-state index contributed by atoms with van der Waals surface area (Å²) in [6.07, 6.45) is 5.76. The summed E-state index contributed by atoms with van der Waals surface area (Å²) >= 11 is 0. The summed E-state index contributed by atoms with van der Waals surface area (Å²) in [5, 5.41) is 3.98. The van der Waals surface area contributed by atoms with Crippen LogP contribution in [0.25, 0.3) is 5.82 Å². The van der Waals surface area contributed by atoms with E-state index in [1.54, 1.807) is 11.0 Å². The zero-order valence-corrected chi connectivity index (χ0v) is 7.67. The summed E-state index contributed by atoms with van der Waals surface area (Å²) in [4.78, 5) is 8.09. The minimum absolute atomic E-state index is 0.643. The van der Waals surface area contributed by atoms with E-state index in [0.717, 1.165) is 17.8 Å². The van der Waals surface area contributed by atoms with Gasteiger partial charge in [-0.25, -0.2) is 14.6 Å². The van der Waals surface area contributed by atoms with Crippen LogP contribution in [0.15, 0.2) is 31.0 Å². The monoisotopic (exact) mass is 189 g/mol. The third kappa shape index (κ3) is 1.77. The van der Waals surface area contributed by atoms with Gasteiger partial charge in [-0.2, -0.15) is 5.10 Å². The third-order valence-electron chi connectivity index (χ3n) is 1.90. The van der Waals surface area contributed by atoms with Gasteiger partial charge in [-0.15, -0.1) is 0 Å². The van der Waals surface area contributed by atoms with Crippen molar-refractivity contribution in [3.63, 3.8) is 0 Å². The first-order chi connectivity index (χ1) is 6.90. The van der Waals surface area contributed by atoms with Crippen molar-refractivity contribution < 1.29 is 0 Å². The van der Waals surface area contributed by atoms with Crippen molar-refractivity contribution in [3.8, 4) is 5.82 Å². The highest BCUT2D eigenvalue weighted by Gasteiger charge is 1.97. The molecule has 0 bridgehead atoms. The summed E-state index contributed by atoms with van der Waals surface area (Å²) in [6, 6.07) is 3.90. The van der Waals surface area contributed by atoms with Gasteiger partial charge in [-0.1, -0.05) is 6.07 Å². The summed E-state index contributed by atoms with van der Waals surface area (Å²) in [5.74, 6) is 0.767. The van der Waals surface area contributed by atoms with Gasteiger partial charge in [0.1, 0.15) is 12.7 Å². The minimum atomic E-state index is 0.643. The molecule has 5 heteroatoms. The lowest BCUT2D eigenvalue weighted by atomic mass is 10.2. The van der Waals surface area contributed by atoms with Gasteiger partial charge in [0, 0.05) is 6.20 Å². The topological polar surface area (TPSA) is 69.6 Å². The van der Waals surface area contributed by atoms with E-state index in [9.17, 15) is 0 Å². The summed E-state index contributed by atoms with van der Waals surface area (Å²) in [6.45, 7) is 0.643. The van der Waals surface area contributed by atoms with E-state index in [4.69, 9.17) is 5.73 Å². The maximum absolute atomic E-state index is 5.44. The van der Waals surface area contributed by atoms with Gasteiger partial charge in [0.05, 0.1) is 0 Å². The molecule has 0 saturated heterocycles. The molecule has 0 fully saturated rings. The van der Waals surface area contributed by atoms with Crippen LogP contribution in [-0.4, -0.2) is 26.3 Å². The number of pyridine rings is 1. The first-order valence-corrected chi connectivity index (χ1v) is 4.40. The Morgan fingerprint density at radius 2 is 2.29 bits per heavy atom. The Bertz CT molecular complexity index is 378. The van der Waals surface area contributed by atoms with Crippen LogP contribution in [0, 0.1) is 0 Å².